The number of hydrogen-bond acceptors (Lipinski definition) is 3. The van der Waals surface area contributed by atoms with E-state index in [2.05, 4.69) is 0 Å². The van der Waals surface area contributed by atoms with Gasteiger partial charge in [-0.15, -0.1) is 0 Å². The molecule has 1 atom stereocenters. The molecule has 0 saturated carbocycles. The number of hydrogen-bond donors (Lipinski definition) is 2. The van der Waals surface area contributed by atoms with Crippen molar-refractivity contribution in [2.24, 2.45) is 11.1 Å². The lowest BCUT2D eigenvalue weighted by Gasteiger charge is -2.27. The fourth-order valence-corrected chi connectivity index (χ4v) is 1.67. The smallest absolute Gasteiger partial charge is 0.228 e. The van der Waals surface area contributed by atoms with Gasteiger partial charge < -0.3 is 15.7 Å². The first-order chi connectivity index (χ1) is 6.28. The summed E-state index contributed by atoms with van der Waals surface area (Å²) in [6.45, 7) is 6.86. The monoisotopic (exact) mass is 200 g/mol. The highest BCUT2D eigenvalue weighted by Gasteiger charge is 2.39. The van der Waals surface area contributed by atoms with E-state index in [1.54, 1.807) is 4.90 Å². The van der Waals surface area contributed by atoms with Gasteiger partial charge in [-0.1, -0.05) is 20.8 Å². The van der Waals surface area contributed by atoms with E-state index < -0.39 is 5.60 Å². The molecule has 0 radical (unpaired) electrons. The van der Waals surface area contributed by atoms with Gasteiger partial charge in [-0.2, -0.15) is 0 Å². The van der Waals surface area contributed by atoms with Gasteiger partial charge in [0.15, 0.2) is 0 Å². The van der Waals surface area contributed by atoms with Crippen molar-refractivity contribution in [3.63, 3.8) is 0 Å². The maximum absolute atomic E-state index is 11.8. The summed E-state index contributed by atoms with van der Waals surface area (Å²) < 4.78 is 0. The Morgan fingerprint density at radius 3 is 2.50 bits per heavy atom. The molecule has 4 nitrogen and oxygen atoms in total. The highest BCUT2D eigenvalue weighted by molar-refractivity contribution is 5.81. The van der Waals surface area contributed by atoms with Gasteiger partial charge in [0.05, 0.1) is 12.1 Å². The summed E-state index contributed by atoms with van der Waals surface area (Å²) in [6, 6.07) is 0. The molecule has 0 aromatic carbocycles. The summed E-state index contributed by atoms with van der Waals surface area (Å²) in [6.07, 6.45) is 0.589. The number of likely N-dealkylation sites (tertiary alicyclic amines) is 1. The summed E-state index contributed by atoms with van der Waals surface area (Å²) >= 11 is 0. The van der Waals surface area contributed by atoms with Crippen molar-refractivity contribution in [1.82, 2.24) is 4.90 Å². The van der Waals surface area contributed by atoms with Crippen molar-refractivity contribution in [3.8, 4) is 0 Å². The van der Waals surface area contributed by atoms with E-state index in [0.29, 0.717) is 19.5 Å². The van der Waals surface area contributed by atoms with Gasteiger partial charge in [-0.25, -0.2) is 0 Å². The molecule has 1 aliphatic rings. The Balaban J connectivity index is 2.63. The Morgan fingerprint density at radius 2 is 2.14 bits per heavy atom. The third-order valence-corrected chi connectivity index (χ3v) is 2.64. The lowest BCUT2D eigenvalue weighted by Crippen LogP contribution is -2.44. The van der Waals surface area contributed by atoms with Gasteiger partial charge in [-0.05, 0) is 6.42 Å². The summed E-state index contributed by atoms with van der Waals surface area (Å²) in [5.74, 6) is 0.0851. The minimum Gasteiger partial charge on any atom is -0.387 e. The van der Waals surface area contributed by atoms with Crippen LogP contribution in [0.1, 0.15) is 27.2 Å². The largest absolute Gasteiger partial charge is 0.387 e. The van der Waals surface area contributed by atoms with Crippen molar-refractivity contribution in [1.29, 1.82) is 0 Å². The topological polar surface area (TPSA) is 66.6 Å². The third-order valence-electron chi connectivity index (χ3n) is 2.64. The first-order valence-corrected chi connectivity index (χ1v) is 5.00. The zero-order chi connectivity index (χ0) is 11.0. The molecule has 1 amide bonds. The van der Waals surface area contributed by atoms with Crippen LogP contribution in [-0.4, -0.2) is 41.1 Å². The van der Waals surface area contributed by atoms with Crippen LogP contribution in [0.25, 0.3) is 0 Å². The van der Waals surface area contributed by atoms with Crippen LogP contribution in [0, 0.1) is 5.41 Å². The quantitative estimate of drug-likeness (QED) is 0.624. The van der Waals surface area contributed by atoms with Gasteiger partial charge in [0.2, 0.25) is 5.91 Å². The van der Waals surface area contributed by atoms with Crippen LogP contribution in [0.3, 0.4) is 0 Å². The van der Waals surface area contributed by atoms with Crippen LogP contribution in [-0.2, 0) is 4.79 Å². The Kier molecular flexibility index (Phi) is 2.88. The molecule has 3 N–H and O–H groups in total. The molecular weight excluding hydrogens is 180 g/mol. The molecule has 1 saturated heterocycles. The normalized spacial score (nSPS) is 28.2. The lowest BCUT2D eigenvalue weighted by molar-refractivity contribution is -0.139. The fourth-order valence-electron chi connectivity index (χ4n) is 1.67. The van der Waals surface area contributed by atoms with Gasteiger partial charge in [0.1, 0.15) is 0 Å². The van der Waals surface area contributed by atoms with Crippen molar-refractivity contribution < 1.29 is 9.90 Å². The number of amides is 1. The first-order valence-electron chi connectivity index (χ1n) is 5.00. The van der Waals surface area contributed by atoms with E-state index in [-0.39, 0.29) is 17.9 Å². The highest BCUT2D eigenvalue weighted by atomic mass is 16.3. The van der Waals surface area contributed by atoms with Gasteiger partial charge in [0.25, 0.3) is 0 Å². The van der Waals surface area contributed by atoms with E-state index in [1.165, 1.54) is 0 Å². The second-order valence-electron chi connectivity index (χ2n) is 5.16. The number of β-amino-alcohol motifs (C(OH)–C–C–N with tert-alkyl or cyclic N) is 1. The van der Waals surface area contributed by atoms with E-state index in [1.807, 2.05) is 20.8 Å². The zero-order valence-electron chi connectivity index (χ0n) is 9.21. The molecule has 0 aliphatic carbocycles. The summed E-state index contributed by atoms with van der Waals surface area (Å²) in [5, 5.41) is 9.87. The molecule has 1 aliphatic heterocycles. The SMILES string of the molecule is CC(C)(C)C(=O)N1CCC(O)(CN)C1. The maximum Gasteiger partial charge on any atom is 0.228 e. The van der Waals surface area contributed by atoms with Crippen molar-refractivity contribution in [2.45, 2.75) is 32.8 Å². The summed E-state index contributed by atoms with van der Waals surface area (Å²) in [7, 11) is 0. The fraction of sp³-hybridized carbons (Fsp3) is 0.900. The Labute approximate surface area is 85.1 Å². The Morgan fingerprint density at radius 1 is 1.57 bits per heavy atom. The molecule has 4 heteroatoms. The molecule has 1 unspecified atom stereocenters. The molecular formula is C10H20N2O2. The molecule has 0 aromatic rings. The molecule has 0 spiro atoms. The van der Waals surface area contributed by atoms with Crippen LogP contribution in [0.4, 0.5) is 0 Å². The van der Waals surface area contributed by atoms with Crippen molar-refractivity contribution >= 4 is 5.91 Å². The predicted octanol–water partition coefficient (Wildman–Crippen LogP) is -0.0454. The number of carbonyl (C=O) groups is 1. The van der Waals surface area contributed by atoms with Crippen LogP contribution in [0.5, 0.6) is 0 Å². The predicted molar refractivity (Wildman–Crippen MR) is 54.7 cm³/mol. The van der Waals surface area contributed by atoms with Gasteiger partial charge >= 0.3 is 0 Å². The Bertz CT molecular complexity index is 235. The minimum absolute atomic E-state index is 0.0851. The third kappa shape index (κ3) is 2.25. The molecule has 1 rings (SSSR count). The number of nitrogens with two attached hydrogens (primary N) is 1. The minimum atomic E-state index is -0.860. The summed E-state index contributed by atoms with van der Waals surface area (Å²) in [5.41, 5.74) is 4.22. The van der Waals surface area contributed by atoms with E-state index in [0.717, 1.165) is 0 Å². The number of rotatable bonds is 1. The van der Waals surface area contributed by atoms with Crippen LogP contribution >= 0.6 is 0 Å². The zero-order valence-corrected chi connectivity index (χ0v) is 9.21. The molecule has 1 fully saturated rings. The lowest BCUT2D eigenvalue weighted by atomic mass is 9.95. The number of nitrogens with zero attached hydrogens (tertiary/aromatic N) is 1. The molecule has 14 heavy (non-hydrogen) atoms. The average Bonchev–Trinajstić information content (AvgIpc) is 2.46. The van der Waals surface area contributed by atoms with Crippen LogP contribution in [0.15, 0.2) is 0 Å². The molecule has 1 heterocycles. The number of aliphatic hydroxyl groups is 1. The average molecular weight is 200 g/mol. The standard InChI is InChI=1S/C10H20N2O2/c1-9(2,3)8(13)12-5-4-10(14,6-11)7-12/h14H,4-7,11H2,1-3H3. The van der Waals surface area contributed by atoms with Gasteiger partial charge in [0, 0.05) is 18.5 Å². The van der Waals surface area contributed by atoms with Crippen molar-refractivity contribution in [2.75, 3.05) is 19.6 Å². The van der Waals surface area contributed by atoms with Crippen molar-refractivity contribution in [3.05, 3.63) is 0 Å². The van der Waals surface area contributed by atoms with Crippen LogP contribution in [0.2, 0.25) is 0 Å². The maximum atomic E-state index is 11.8. The van der Waals surface area contributed by atoms with E-state index in [9.17, 15) is 9.90 Å². The van der Waals surface area contributed by atoms with Gasteiger partial charge in [-0.3, -0.25) is 4.79 Å². The molecule has 82 valence electrons. The summed E-state index contributed by atoms with van der Waals surface area (Å²) in [4.78, 5) is 13.5. The number of carbonyl (C=O) groups excluding carboxylic acids is 1. The highest BCUT2D eigenvalue weighted by Crippen LogP contribution is 2.25. The first kappa shape index (κ1) is 11.5. The Hall–Kier alpha value is -0.610. The molecule has 0 bridgehead atoms. The second kappa shape index (κ2) is 3.51. The van der Waals surface area contributed by atoms with Crippen LogP contribution < -0.4 is 5.73 Å². The van der Waals surface area contributed by atoms with E-state index in [4.69, 9.17) is 5.73 Å². The second-order valence-corrected chi connectivity index (χ2v) is 5.16. The molecule has 0 aromatic heterocycles. The van der Waals surface area contributed by atoms with E-state index >= 15 is 0 Å².